The molecule has 150 valence electrons. The first-order chi connectivity index (χ1) is 12.2. The van der Waals surface area contributed by atoms with E-state index in [-0.39, 0.29) is 13.2 Å². The lowest BCUT2D eigenvalue weighted by Gasteiger charge is -2.08. The molecule has 0 aromatic carbocycles. The van der Waals surface area contributed by atoms with Crippen LogP contribution in [0.5, 0.6) is 0 Å². The molecule has 0 heterocycles. The van der Waals surface area contributed by atoms with E-state index < -0.39 is 13.3 Å². The van der Waals surface area contributed by atoms with Crippen molar-refractivity contribution in [1.29, 1.82) is 0 Å². The summed E-state index contributed by atoms with van der Waals surface area (Å²) in [6.07, 6.45) is 18.1. The van der Waals surface area contributed by atoms with E-state index in [0.717, 1.165) is 6.42 Å². The van der Waals surface area contributed by atoms with Gasteiger partial charge in [0.2, 0.25) is 0 Å². The quantitative estimate of drug-likeness (QED) is 0.141. The standard InChI is InChI=1S/C19H39O4PS/c1-2-3-4-5-6-7-8-9-10-11-12-13-14-15-16-22-17-19(20)18-23-24(21)25/h19-20H,2-18H2,1H3/p+1. The summed E-state index contributed by atoms with van der Waals surface area (Å²) in [4.78, 5) is 0. The van der Waals surface area contributed by atoms with Crippen LogP contribution < -0.4 is 0 Å². The number of hydrogen-bond donors (Lipinski definition) is 2. The van der Waals surface area contributed by atoms with Gasteiger partial charge < -0.3 is 9.84 Å². The molecule has 0 aromatic heterocycles. The predicted molar refractivity (Wildman–Crippen MR) is 110 cm³/mol. The van der Waals surface area contributed by atoms with Crippen LogP contribution in [-0.2, 0) is 13.8 Å². The van der Waals surface area contributed by atoms with Gasteiger partial charge in [-0.25, -0.2) is 0 Å². The lowest BCUT2D eigenvalue weighted by atomic mass is 10.0. The number of aliphatic hydroxyl groups excluding tert-OH is 1. The first-order valence-corrected chi connectivity index (χ1v) is 12.5. The maximum atomic E-state index is 10.6. The van der Waals surface area contributed by atoms with Gasteiger partial charge in [-0.3, -0.25) is 0 Å². The highest BCUT2D eigenvalue weighted by atomic mass is 32.7. The van der Waals surface area contributed by atoms with Gasteiger partial charge in [0, 0.05) is 6.61 Å². The molecule has 1 N–H and O–H groups in total. The predicted octanol–water partition coefficient (Wildman–Crippen LogP) is 6.45. The maximum Gasteiger partial charge on any atom is 0.582 e. The summed E-state index contributed by atoms with van der Waals surface area (Å²) in [7, 11) is -1.94. The molecule has 0 fully saturated rings. The number of rotatable bonds is 20. The van der Waals surface area contributed by atoms with E-state index in [1.54, 1.807) is 0 Å². The zero-order valence-corrected chi connectivity index (χ0v) is 18.0. The average molecular weight is 396 g/mol. The van der Waals surface area contributed by atoms with Crippen molar-refractivity contribution in [2.24, 2.45) is 0 Å². The summed E-state index contributed by atoms with van der Waals surface area (Å²) in [5.41, 5.74) is 0. The molecule has 0 radical (unpaired) electrons. The summed E-state index contributed by atoms with van der Waals surface area (Å²) in [6, 6.07) is 0. The smallest absolute Gasteiger partial charge is 0.388 e. The fourth-order valence-corrected chi connectivity index (χ4v) is 3.32. The third kappa shape index (κ3) is 22.3. The van der Waals surface area contributed by atoms with Gasteiger partial charge in [0.1, 0.15) is 25.0 Å². The molecular formula is C19H40O4PS+. The molecule has 2 unspecified atom stereocenters. The lowest BCUT2D eigenvalue weighted by Crippen LogP contribution is -2.20. The Kier molecular flexibility index (Phi) is 20.9. The van der Waals surface area contributed by atoms with Crippen LogP contribution in [0.25, 0.3) is 0 Å². The van der Waals surface area contributed by atoms with Crippen molar-refractivity contribution >= 4 is 19.5 Å². The second kappa shape index (κ2) is 20.6. The van der Waals surface area contributed by atoms with E-state index in [2.05, 4.69) is 19.2 Å². The van der Waals surface area contributed by atoms with Gasteiger partial charge in [-0.1, -0.05) is 90.4 Å². The molecule has 0 aliphatic carbocycles. The summed E-state index contributed by atoms with van der Waals surface area (Å²) < 4.78 is 20.7. The fraction of sp³-hybridized carbons (Fsp3) is 1.00. The minimum atomic E-state index is -1.94. The van der Waals surface area contributed by atoms with Crippen molar-refractivity contribution in [3.63, 3.8) is 0 Å². The average Bonchev–Trinajstić information content (AvgIpc) is 2.59. The van der Waals surface area contributed by atoms with Crippen LogP contribution in [0.1, 0.15) is 96.8 Å². The second-order valence-corrected chi connectivity index (χ2v) is 8.57. The molecule has 0 spiro atoms. The third-order valence-corrected chi connectivity index (χ3v) is 5.05. The monoisotopic (exact) mass is 395 g/mol. The topological polar surface area (TPSA) is 55.8 Å². The van der Waals surface area contributed by atoms with E-state index in [1.807, 2.05) is 0 Å². The van der Waals surface area contributed by atoms with Crippen LogP contribution in [0.15, 0.2) is 0 Å². The molecule has 0 saturated carbocycles. The zero-order valence-electron chi connectivity index (χ0n) is 16.2. The Morgan fingerprint density at radius 1 is 0.800 bits per heavy atom. The molecule has 0 aromatic rings. The Bertz CT molecular complexity index is 293. The largest absolute Gasteiger partial charge is 0.582 e. The van der Waals surface area contributed by atoms with E-state index in [9.17, 15) is 9.67 Å². The van der Waals surface area contributed by atoms with E-state index in [1.165, 1.54) is 83.5 Å². The van der Waals surface area contributed by atoms with Crippen molar-refractivity contribution in [2.45, 2.75) is 103 Å². The molecule has 4 nitrogen and oxygen atoms in total. The van der Waals surface area contributed by atoms with Crippen molar-refractivity contribution in [3.8, 4) is 0 Å². The summed E-state index contributed by atoms with van der Waals surface area (Å²) in [5.74, 6) is 0. The van der Waals surface area contributed by atoms with Crippen LogP contribution >= 0.6 is 19.5 Å². The highest BCUT2D eigenvalue weighted by molar-refractivity contribution is 8.39. The van der Waals surface area contributed by atoms with Gasteiger partial charge in [-0.05, 0) is 11.0 Å². The normalized spacial score (nSPS) is 13.2. The van der Waals surface area contributed by atoms with Crippen LogP contribution in [0, 0.1) is 0 Å². The van der Waals surface area contributed by atoms with Crippen molar-refractivity contribution < 1.29 is 18.9 Å². The maximum absolute atomic E-state index is 10.6. The van der Waals surface area contributed by atoms with Gasteiger partial charge in [-0.15, -0.1) is 4.52 Å². The van der Waals surface area contributed by atoms with E-state index >= 15 is 0 Å². The highest BCUT2D eigenvalue weighted by Gasteiger charge is 2.14. The Morgan fingerprint density at radius 3 is 1.68 bits per heavy atom. The van der Waals surface area contributed by atoms with E-state index in [4.69, 9.17) is 9.26 Å². The molecule has 0 aliphatic rings. The SMILES string of the molecule is CCCCCCCCCCCCCCCCOCC(O)CO[P+](=O)S. The fourth-order valence-electron chi connectivity index (χ4n) is 2.82. The minimum Gasteiger partial charge on any atom is -0.388 e. The number of ether oxygens (including phenoxy) is 1. The molecule has 2 atom stereocenters. The summed E-state index contributed by atoms with van der Waals surface area (Å²) >= 11 is 3.61. The van der Waals surface area contributed by atoms with Gasteiger partial charge in [0.05, 0.1) is 6.61 Å². The first-order valence-electron chi connectivity index (χ1n) is 10.2. The Morgan fingerprint density at radius 2 is 1.24 bits per heavy atom. The summed E-state index contributed by atoms with van der Waals surface area (Å²) in [6.45, 7) is 3.18. The zero-order chi connectivity index (χ0) is 18.6. The van der Waals surface area contributed by atoms with Gasteiger partial charge >= 0.3 is 7.23 Å². The van der Waals surface area contributed by atoms with Gasteiger partial charge in [0.15, 0.2) is 0 Å². The third-order valence-electron chi connectivity index (χ3n) is 4.33. The van der Waals surface area contributed by atoms with Crippen molar-refractivity contribution in [1.82, 2.24) is 0 Å². The number of hydrogen-bond acceptors (Lipinski definition) is 4. The first kappa shape index (κ1) is 25.3. The Labute approximate surface area is 161 Å². The van der Waals surface area contributed by atoms with E-state index in [0.29, 0.717) is 6.61 Å². The minimum absolute atomic E-state index is 0.0114. The van der Waals surface area contributed by atoms with Crippen LogP contribution in [-0.4, -0.2) is 31.0 Å². The second-order valence-electron chi connectivity index (χ2n) is 6.86. The molecule has 0 amide bonds. The lowest BCUT2D eigenvalue weighted by molar-refractivity contribution is 0.0131. The molecule has 0 saturated heterocycles. The Hall–Kier alpha value is 0.330. The Balaban J connectivity index is 3.08. The molecular weight excluding hydrogens is 355 g/mol. The van der Waals surface area contributed by atoms with Crippen LogP contribution in [0.3, 0.4) is 0 Å². The van der Waals surface area contributed by atoms with Gasteiger partial charge in [-0.2, -0.15) is 0 Å². The van der Waals surface area contributed by atoms with Gasteiger partial charge in [0.25, 0.3) is 0 Å². The number of unbranched alkanes of at least 4 members (excludes halogenated alkanes) is 13. The van der Waals surface area contributed by atoms with Crippen molar-refractivity contribution in [2.75, 3.05) is 19.8 Å². The van der Waals surface area contributed by atoms with Crippen LogP contribution in [0.4, 0.5) is 0 Å². The van der Waals surface area contributed by atoms with Crippen molar-refractivity contribution in [3.05, 3.63) is 0 Å². The number of aliphatic hydroxyl groups is 1. The molecule has 0 rings (SSSR count). The highest BCUT2D eigenvalue weighted by Crippen LogP contribution is 2.26. The number of thiol groups is 1. The van der Waals surface area contributed by atoms with Crippen LogP contribution in [0.2, 0.25) is 0 Å². The molecule has 0 bridgehead atoms. The molecule has 25 heavy (non-hydrogen) atoms. The summed E-state index contributed by atoms with van der Waals surface area (Å²) in [5, 5.41) is 9.50. The molecule has 6 heteroatoms. The molecule has 0 aliphatic heterocycles.